The number of pyridine rings is 1. The fourth-order valence-corrected chi connectivity index (χ4v) is 7.79. The minimum absolute atomic E-state index is 0.0707. The molecule has 1 heterocycles. The monoisotopic (exact) mass is 790 g/mol. The topological polar surface area (TPSA) is 28.5 Å². The van der Waals surface area contributed by atoms with Crippen molar-refractivity contribution < 1.29 is 0 Å². The molecule has 0 saturated carbocycles. The molecule has 0 bridgehead atoms. The van der Waals surface area contributed by atoms with Gasteiger partial charge in [-0.25, -0.2) is 0 Å². The van der Waals surface area contributed by atoms with E-state index in [1.165, 1.54) is 43.4 Å². The lowest BCUT2D eigenvalue weighted by atomic mass is 9.91. The first-order valence-corrected chi connectivity index (χ1v) is 21.7. The van der Waals surface area contributed by atoms with Crippen LogP contribution in [0.3, 0.4) is 0 Å². The second-order valence-electron chi connectivity index (χ2n) is 14.6. The summed E-state index contributed by atoms with van der Waals surface area (Å²) < 4.78 is 0. The molecule has 306 valence electrons. The van der Waals surface area contributed by atoms with Crippen LogP contribution in [0.25, 0.3) is 49.1 Å². The number of hydrogen-bond donors (Lipinski definition) is 0. The summed E-state index contributed by atoms with van der Waals surface area (Å²) in [6.45, 7) is 18.8. The van der Waals surface area contributed by atoms with Crippen molar-refractivity contribution in [3.63, 3.8) is 0 Å². The molecule has 3 nitrogen and oxygen atoms in total. The Hall–Kier alpha value is -6.32. The van der Waals surface area contributed by atoms with Gasteiger partial charge in [0.25, 0.3) is 0 Å². The average Bonchev–Trinajstić information content (AvgIpc) is 3.31. The van der Waals surface area contributed by atoms with Gasteiger partial charge in [-0.05, 0) is 125 Å². The minimum Gasteiger partial charge on any atom is -0.353 e. The first kappa shape index (κ1) is 44.8. The lowest BCUT2D eigenvalue weighted by Gasteiger charge is -2.30. The predicted octanol–water partition coefficient (Wildman–Crippen LogP) is 15.8. The molecule has 0 aliphatic carbocycles. The molecule has 0 amide bonds. The number of nitrogens with zero attached hydrogens (tertiary/aromatic N) is 3. The van der Waals surface area contributed by atoms with Gasteiger partial charge in [-0.2, -0.15) is 0 Å². The maximum atomic E-state index is 5.50. The Morgan fingerprint density at radius 1 is 0.700 bits per heavy atom. The second kappa shape index (κ2) is 22.2. The minimum atomic E-state index is -0.0707. The summed E-state index contributed by atoms with van der Waals surface area (Å²) in [5.74, 6) is 0.953. The van der Waals surface area contributed by atoms with Gasteiger partial charge >= 0.3 is 0 Å². The second-order valence-corrected chi connectivity index (χ2v) is 14.6. The highest BCUT2D eigenvalue weighted by atomic mass is 15.2. The van der Waals surface area contributed by atoms with E-state index in [0.29, 0.717) is 0 Å². The van der Waals surface area contributed by atoms with Crippen LogP contribution in [0.1, 0.15) is 85.0 Å². The summed E-state index contributed by atoms with van der Waals surface area (Å²) in [5.41, 5.74) is 9.08. The van der Waals surface area contributed by atoms with Gasteiger partial charge < -0.3 is 4.90 Å². The molecule has 6 aromatic carbocycles. The van der Waals surface area contributed by atoms with Gasteiger partial charge in [-0.1, -0.05) is 179 Å². The predicted molar refractivity (Wildman–Crippen MR) is 265 cm³/mol. The quantitative estimate of drug-likeness (QED) is 0.0534. The van der Waals surface area contributed by atoms with Crippen LogP contribution >= 0.6 is 0 Å². The van der Waals surface area contributed by atoms with Gasteiger partial charge in [-0.3, -0.25) is 9.98 Å². The molecule has 0 spiro atoms. The highest BCUT2D eigenvalue weighted by Gasteiger charge is 2.20. The largest absolute Gasteiger partial charge is 0.353 e. The molecule has 0 aliphatic heterocycles. The number of allylic oxidation sites excluding steroid dienone is 7. The van der Waals surface area contributed by atoms with Crippen molar-refractivity contribution in [3.05, 3.63) is 204 Å². The zero-order valence-corrected chi connectivity index (χ0v) is 37.4. The van der Waals surface area contributed by atoms with Crippen LogP contribution < -0.4 is 0 Å². The van der Waals surface area contributed by atoms with Crippen molar-refractivity contribution in [2.45, 2.75) is 80.8 Å². The molecular weight excluding hydrogens is 727 g/mol. The van der Waals surface area contributed by atoms with Crippen LogP contribution in [0, 0.1) is 0 Å². The highest BCUT2D eigenvalue weighted by Crippen LogP contribution is 2.36. The molecule has 60 heavy (non-hydrogen) atoms. The Morgan fingerprint density at radius 2 is 1.32 bits per heavy atom. The summed E-state index contributed by atoms with van der Waals surface area (Å²) in [5, 5.41) is 7.82. The van der Waals surface area contributed by atoms with Crippen molar-refractivity contribution in [1.82, 2.24) is 9.88 Å². The van der Waals surface area contributed by atoms with Crippen LogP contribution in [-0.2, 0) is 6.42 Å². The summed E-state index contributed by atoms with van der Waals surface area (Å²) in [6, 6.07) is 45.9. The molecule has 2 unspecified atom stereocenters. The molecule has 7 aromatic rings. The van der Waals surface area contributed by atoms with Gasteiger partial charge in [0.1, 0.15) is 5.84 Å². The summed E-state index contributed by atoms with van der Waals surface area (Å²) in [6.07, 6.45) is 17.9. The van der Waals surface area contributed by atoms with Crippen LogP contribution in [0.2, 0.25) is 0 Å². The van der Waals surface area contributed by atoms with Gasteiger partial charge in [0.2, 0.25) is 0 Å². The number of amidine groups is 1. The highest BCUT2D eigenvalue weighted by molar-refractivity contribution is 6.23. The van der Waals surface area contributed by atoms with Crippen molar-refractivity contribution in [3.8, 4) is 11.3 Å². The summed E-state index contributed by atoms with van der Waals surface area (Å²) in [4.78, 5) is 12.6. The van der Waals surface area contributed by atoms with E-state index in [2.05, 4.69) is 204 Å². The van der Waals surface area contributed by atoms with Crippen LogP contribution in [-0.4, -0.2) is 28.8 Å². The fraction of sp³-hybridized carbons (Fsp3) is 0.228. The van der Waals surface area contributed by atoms with Crippen LogP contribution in [0.15, 0.2) is 192 Å². The Balaban J connectivity index is 0.00000166. The molecule has 7 rings (SSSR count). The van der Waals surface area contributed by atoms with Crippen LogP contribution in [0.5, 0.6) is 0 Å². The summed E-state index contributed by atoms with van der Waals surface area (Å²) >= 11 is 0. The van der Waals surface area contributed by atoms with Crippen LogP contribution in [0.4, 0.5) is 0 Å². The molecule has 1 aromatic heterocycles. The summed E-state index contributed by atoms with van der Waals surface area (Å²) in [7, 11) is 2.17. The van der Waals surface area contributed by atoms with Crippen molar-refractivity contribution in [2.24, 2.45) is 4.99 Å². The van der Waals surface area contributed by atoms with Crippen molar-refractivity contribution in [1.29, 1.82) is 0 Å². The van der Waals surface area contributed by atoms with Gasteiger partial charge in [0.15, 0.2) is 0 Å². The van der Waals surface area contributed by atoms with E-state index in [4.69, 9.17) is 9.98 Å². The van der Waals surface area contributed by atoms with E-state index in [1.807, 2.05) is 46.9 Å². The van der Waals surface area contributed by atoms with E-state index in [-0.39, 0.29) is 12.1 Å². The van der Waals surface area contributed by atoms with Crippen molar-refractivity contribution in [2.75, 3.05) is 7.05 Å². The Bertz CT molecular complexity index is 2560. The lowest BCUT2D eigenvalue weighted by molar-refractivity contribution is 0.400. The first-order chi connectivity index (χ1) is 29.4. The fourth-order valence-electron chi connectivity index (χ4n) is 7.79. The third kappa shape index (κ3) is 10.5. The molecule has 3 heteroatoms. The zero-order chi connectivity index (χ0) is 43.0. The maximum absolute atomic E-state index is 5.50. The van der Waals surface area contributed by atoms with Gasteiger partial charge in [-0.15, -0.1) is 0 Å². The van der Waals surface area contributed by atoms with Gasteiger partial charge in [0.05, 0.1) is 17.8 Å². The normalized spacial score (nSPS) is 13.7. The van der Waals surface area contributed by atoms with E-state index >= 15 is 0 Å². The van der Waals surface area contributed by atoms with E-state index in [9.17, 15) is 0 Å². The molecule has 2 atom stereocenters. The maximum Gasteiger partial charge on any atom is 0.127 e. The SMILES string of the molecule is CC.CC.C\C=C/C=C(\C=C/C)C(C)N=C(/C(C)=C/C(=C\Cc1cc2ccc3cccc4ccc(c1)c2c34)c1ccccc1-c1ccccn1)N(C)C(C)c1ccccc1. The number of benzene rings is 6. The van der Waals surface area contributed by atoms with E-state index in [0.717, 1.165) is 45.8 Å². The molecule has 0 N–H and O–H groups in total. The molecule has 0 radical (unpaired) electrons. The number of likely N-dealkylation sites (N-methyl/N-ethyl adjacent to an activating group) is 1. The lowest BCUT2D eigenvalue weighted by Crippen LogP contribution is -2.32. The molecule has 0 saturated heterocycles. The average molecular weight is 790 g/mol. The van der Waals surface area contributed by atoms with E-state index in [1.54, 1.807) is 0 Å². The number of aromatic nitrogens is 1. The first-order valence-electron chi connectivity index (χ1n) is 21.7. The smallest absolute Gasteiger partial charge is 0.127 e. The third-order valence-electron chi connectivity index (χ3n) is 10.8. The molecule has 0 aliphatic rings. The zero-order valence-electron chi connectivity index (χ0n) is 37.4. The van der Waals surface area contributed by atoms with E-state index < -0.39 is 0 Å². The number of hydrogen-bond acceptors (Lipinski definition) is 2. The Morgan fingerprint density at radius 3 is 1.95 bits per heavy atom. The van der Waals surface area contributed by atoms with Gasteiger partial charge in [0, 0.05) is 18.8 Å². The third-order valence-corrected chi connectivity index (χ3v) is 10.8. The number of aliphatic imine (C=N–C) groups is 1. The molecule has 0 fully saturated rings. The number of rotatable bonds is 12. The van der Waals surface area contributed by atoms with Crippen molar-refractivity contribution >= 4 is 43.7 Å². The standard InChI is InChI=1S/C53H51N3.2C2H6/c1-7-9-19-41(18-8-2)38(4)55-53(56(6)39(5)42-20-11-10-12-21-42)37(3)34-45(48-24-13-14-25-49(48)50-26-15-16-33-54-50)28-27-40-35-46-31-29-43-22-17-23-44-30-32-47(36-40)52(46)51(43)44;2*1-2/h7-26,28-36,38-39H,27H2,1-6H3;2*1-2H3/b9-7-,18-8-,37-34+,41-19+,45-28+,55-53?;;. The Labute approximate surface area is 360 Å². The Kier molecular flexibility index (Phi) is 16.5. The molecular formula is C57H63N3.